The number of anilines is 1. The fraction of sp³-hybridized carbons (Fsp3) is 0.455. The molecule has 16 heavy (non-hydrogen) atoms. The molecule has 0 bridgehead atoms. The Morgan fingerprint density at radius 1 is 1.44 bits per heavy atom. The molecule has 0 aliphatic heterocycles. The Hall–Kier alpha value is -1.20. The second-order valence-corrected chi connectivity index (χ2v) is 5.07. The van der Waals surface area contributed by atoms with Crippen LogP contribution in [0.4, 0.5) is 5.82 Å². The van der Waals surface area contributed by atoms with Crippen LogP contribution in [0.15, 0.2) is 12.4 Å². The van der Waals surface area contributed by atoms with Crippen molar-refractivity contribution < 1.29 is 0 Å². The molecule has 0 amide bonds. The Morgan fingerprint density at radius 2 is 2.25 bits per heavy atom. The minimum absolute atomic E-state index is 0.710. The molecule has 0 saturated heterocycles. The molecule has 5 heteroatoms. The van der Waals surface area contributed by atoms with Gasteiger partial charge in [-0.25, -0.2) is 9.97 Å². The Labute approximate surface area is 99.1 Å². The summed E-state index contributed by atoms with van der Waals surface area (Å²) in [5.74, 6) is 1.00. The van der Waals surface area contributed by atoms with E-state index in [1.807, 2.05) is 7.05 Å². The molecule has 86 valence electrons. The Balaban J connectivity index is 2.35. The third-order valence-electron chi connectivity index (χ3n) is 2.49. The van der Waals surface area contributed by atoms with Crippen LogP contribution in [-0.2, 0) is 0 Å². The van der Waals surface area contributed by atoms with Gasteiger partial charge in [-0.3, -0.25) is 0 Å². The van der Waals surface area contributed by atoms with Crippen LogP contribution < -0.4 is 10.6 Å². The lowest BCUT2D eigenvalue weighted by molar-refractivity contribution is 0.788. The number of hydrogen-bond acceptors (Lipinski definition) is 5. The predicted molar refractivity (Wildman–Crippen MR) is 69.1 cm³/mol. The van der Waals surface area contributed by atoms with Gasteiger partial charge in [0.05, 0.1) is 5.39 Å². The number of aryl methyl sites for hydroxylation is 1. The zero-order valence-electron chi connectivity index (χ0n) is 9.60. The molecule has 2 aromatic rings. The summed E-state index contributed by atoms with van der Waals surface area (Å²) in [5.41, 5.74) is 5.51. The number of aromatic nitrogens is 2. The third-order valence-corrected chi connectivity index (χ3v) is 3.45. The number of fused-ring (bicyclic) bond motifs is 1. The van der Waals surface area contributed by atoms with Gasteiger partial charge in [-0.2, -0.15) is 0 Å². The average molecular weight is 236 g/mol. The fourth-order valence-corrected chi connectivity index (χ4v) is 2.54. The lowest BCUT2D eigenvalue weighted by Crippen LogP contribution is -2.22. The van der Waals surface area contributed by atoms with E-state index in [9.17, 15) is 0 Å². The van der Waals surface area contributed by atoms with Gasteiger partial charge in [-0.05, 0) is 26.0 Å². The van der Waals surface area contributed by atoms with Crippen LogP contribution in [0.5, 0.6) is 0 Å². The lowest BCUT2D eigenvalue weighted by atomic mass is 10.3. The summed E-state index contributed by atoms with van der Waals surface area (Å²) in [6.45, 7) is 3.73. The van der Waals surface area contributed by atoms with Crippen molar-refractivity contribution >= 4 is 27.4 Å². The predicted octanol–water partition coefficient (Wildman–Crippen LogP) is 1.78. The van der Waals surface area contributed by atoms with Crippen LogP contribution in [0.1, 0.15) is 11.3 Å². The van der Waals surface area contributed by atoms with Gasteiger partial charge in [0.15, 0.2) is 0 Å². The maximum atomic E-state index is 5.51. The van der Waals surface area contributed by atoms with Crippen molar-refractivity contribution in [3.63, 3.8) is 0 Å². The molecule has 0 aromatic carbocycles. The van der Waals surface area contributed by atoms with E-state index in [0.717, 1.165) is 29.0 Å². The van der Waals surface area contributed by atoms with Crippen molar-refractivity contribution in [2.75, 3.05) is 25.0 Å². The maximum absolute atomic E-state index is 5.51. The molecule has 0 saturated carbocycles. The first-order chi connectivity index (χ1) is 7.72. The zero-order chi connectivity index (χ0) is 11.5. The van der Waals surface area contributed by atoms with Crippen molar-refractivity contribution in [1.29, 1.82) is 0 Å². The summed E-state index contributed by atoms with van der Waals surface area (Å²) < 4.78 is 0. The minimum Gasteiger partial charge on any atom is -0.359 e. The molecule has 2 aromatic heterocycles. The van der Waals surface area contributed by atoms with E-state index in [1.165, 1.54) is 4.88 Å². The first kappa shape index (κ1) is 11.3. The number of nitrogens with two attached hydrogens (primary N) is 1. The fourth-order valence-electron chi connectivity index (χ4n) is 1.70. The summed E-state index contributed by atoms with van der Waals surface area (Å²) in [5, 5.41) is 1.14. The quantitative estimate of drug-likeness (QED) is 0.879. The van der Waals surface area contributed by atoms with Gasteiger partial charge < -0.3 is 10.6 Å². The van der Waals surface area contributed by atoms with Gasteiger partial charge in [-0.1, -0.05) is 0 Å². The highest BCUT2D eigenvalue weighted by molar-refractivity contribution is 7.18. The summed E-state index contributed by atoms with van der Waals surface area (Å²) in [4.78, 5) is 13.1. The molecule has 0 spiro atoms. The SMILES string of the molecule is Cc1cc2c(N(C)CCCN)ncnc2s1. The van der Waals surface area contributed by atoms with E-state index < -0.39 is 0 Å². The average Bonchev–Trinajstić information content (AvgIpc) is 2.65. The van der Waals surface area contributed by atoms with Crippen molar-refractivity contribution in [3.8, 4) is 0 Å². The largest absolute Gasteiger partial charge is 0.359 e. The summed E-state index contributed by atoms with van der Waals surface area (Å²) in [7, 11) is 2.05. The smallest absolute Gasteiger partial charge is 0.140 e. The van der Waals surface area contributed by atoms with Crippen molar-refractivity contribution in [3.05, 3.63) is 17.3 Å². The molecule has 4 nitrogen and oxygen atoms in total. The molecular weight excluding hydrogens is 220 g/mol. The Morgan fingerprint density at radius 3 is 3.00 bits per heavy atom. The van der Waals surface area contributed by atoms with Gasteiger partial charge in [-0.15, -0.1) is 11.3 Å². The molecule has 0 fully saturated rings. The normalized spacial score (nSPS) is 10.9. The first-order valence-corrected chi connectivity index (χ1v) is 6.16. The van der Waals surface area contributed by atoms with Crippen LogP contribution >= 0.6 is 11.3 Å². The third kappa shape index (κ3) is 2.15. The van der Waals surface area contributed by atoms with E-state index in [4.69, 9.17) is 5.73 Å². The minimum atomic E-state index is 0.710. The van der Waals surface area contributed by atoms with Crippen LogP contribution in [0.2, 0.25) is 0 Å². The molecule has 0 aliphatic rings. The number of nitrogens with zero attached hydrogens (tertiary/aromatic N) is 3. The molecule has 0 atom stereocenters. The Bertz CT molecular complexity index is 480. The highest BCUT2D eigenvalue weighted by Gasteiger charge is 2.10. The highest BCUT2D eigenvalue weighted by atomic mass is 32.1. The zero-order valence-corrected chi connectivity index (χ0v) is 10.4. The van der Waals surface area contributed by atoms with Crippen LogP contribution in [-0.4, -0.2) is 30.1 Å². The van der Waals surface area contributed by atoms with Gasteiger partial charge in [0.25, 0.3) is 0 Å². The lowest BCUT2D eigenvalue weighted by Gasteiger charge is -2.17. The van der Waals surface area contributed by atoms with Crippen LogP contribution in [0.3, 0.4) is 0 Å². The molecule has 2 rings (SSSR count). The summed E-state index contributed by atoms with van der Waals surface area (Å²) in [6.07, 6.45) is 2.61. The molecule has 0 aliphatic carbocycles. The van der Waals surface area contributed by atoms with Gasteiger partial charge in [0.1, 0.15) is 17.0 Å². The molecule has 0 unspecified atom stereocenters. The second-order valence-electron chi connectivity index (χ2n) is 3.84. The van der Waals surface area contributed by atoms with Gasteiger partial charge >= 0.3 is 0 Å². The molecule has 2 N–H and O–H groups in total. The van der Waals surface area contributed by atoms with Crippen LogP contribution in [0, 0.1) is 6.92 Å². The monoisotopic (exact) mass is 236 g/mol. The van der Waals surface area contributed by atoms with E-state index >= 15 is 0 Å². The van der Waals surface area contributed by atoms with Crippen molar-refractivity contribution in [1.82, 2.24) is 9.97 Å². The Kier molecular flexibility index (Phi) is 3.36. The molecule has 2 heterocycles. The first-order valence-electron chi connectivity index (χ1n) is 5.34. The molecule has 0 radical (unpaired) electrons. The van der Waals surface area contributed by atoms with Gasteiger partial charge in [0.2, 0.25) is 0 Å². The number of thiophene rings is 1. The van der Waals surface area contributed by atoms with Gasteiger partial charge in [0, 0.05) is 18.5 Å². The number of hydrogen-bond donors (Lipinski definition) is 1. The summed E-state index contributed by atoms with van der Waals surface area (Å²) in [6, 6.07) is 2.15. The van der Waals surface area contributed by atoms with Crippen molar-refractivity contribution in [2.24, 2.45) is 5.73 Å². The highest BCUT2D eigenvalue weighted by Crippen LogP contribution is 2.28. The summed E-state index contributed by atoms with van der Waals surface area (Å²) >= 11 is 1.71. The van der Waals surface area contributed by atoms with E-state index in [1.54, 1.807) is 17.7 Å². The van der Waals surface area contributed by atoms with E-state index in [-0.39, 0.29) is 0 Å². The topological polar surface area (TPSA) is 55.0 Å². The van der Waals surface area contributed by atoms with E-state index in [0.29, 0.717) is 6.54 Å². The van der Waals surface area contributed by atoms with Crippen molar-refractivity contribution in [2.45, 2.75) is 13.3 Å². The van der Waals surface area contributed by atoms with Crippen LogP contribution in [0.25, 0.3) is 10.2 Å². The standard InChI is InChI=1S/C11H16N4S/c1-8-6-9-10(15(2)5-3-4-12)13-7-14-11(9)16-8/h6-7H,3-5,12H2,1-2H3. The second kappa shape index (κ2) is 4.76. The maximum Gasteiger partial charge on any atom is 0.140 e. The number of rotatable bonds is 4. The molecular formula is C11H16N4S. The van der Waals surface area contributed by atoms with E-state index in [2.05, 4.69) is 27.9 Å².